The minimum absolute atomic E-state index is 0.798. The van der Waals surface area contributed by atoms with Crippen LogP contribution in [-0.2, 0) is 0 Å². The van der Waals surface area contributed by atoms with Crippen LogP contribution < -0.4 is 0 Å². The molecule has 0 radical (unpaired) electrons. The molecule has 0 aromatic heterocycles. The minimum atomic E-state index is 0.798. The van der Waals surface area contributed by atoms with E-state index in [9.17, 15) is 0 Å². The lowest BCUT2D eigenvalue weighted by Gasteiger charge is -2.08. The molecule has 18 heavy (non-hydrogen) atoms. The van der Waals surface area contributed by atoms with Crippen molar-refractivity contribution in [3.63, 3.8) is 0 Å². The van der Waals surface area contributed by atoms with E-state index in [1.165, 1.54) is 16.5 Å². The van der Waals surface area contributed by atoms with Gasteiger partial charge in [-0.1, -0.05) is 70.0 Å². The van der Waals surface area contributed by atoms with Gasteiger partial charge in [0.2, 0.25) is 0 Å². The van der Waals surface area contributed by atoms with Gasteiger partial charge < -0.3 is 0 Å². The van der Waals surface area contributed by atoms with Gasteiger partial charge in [0.15, 0.2) is 0 Å². The summed E-state index contributed by atoms with van der Waals surface area (Å²) >= 11 is 9.69. The first-order valence-electron chi connectivity index (χ1n) is 5.69. The van der Waals surface area contributed by atoms with E-state index >= 15 is 0 Å². The van der Waals surface area contributed by atoms with Gasteiger partial charge in [0.1, 0.15) is 0 Å². The lowest BCUT2D eigenvalue weighted by atomic mass is 9.98. The van der Waals surface area contributed by atoms with Gasteiger partial charge in [-0.15, -0.1) is 0 Å². The van der Waals surface area contributed by atoms with Crippen molar-refractivity contribution < 1.29 is 0 Å². The summed E-state index contributed by atoms with van der Waals surface area (Å²) in [6, 6.07) is 20.6. The molecule has 0 heterocycles. The van der Waals surface area contributed by atoms with Crippen LogP contribution in [0.4, 0.5) is 0 Å². The van der Waals surface area contributed by atoms with E-state index in [4.69, 9.17) is 11.6 Å². The van der Waals surface area contributed by atoms with E-state index in [2.05, 4.69) is 58.4 Å². The van der Waals surface area contributed by atoms with E-state index in [0.29, 0.717) is 0 Å². The highest BCUT2D eigenvalue weighted by molar-refractivity contribution is 9.10. The molecular weight excluding hydrogens is 308 g/mol. The summed E-state index contributed by atoms with van der Waals surface area (Å²) in [5.74, 6) is 0. The maximum atomic E-state index is 6.23. The summed E-state index contributed by atoms with van der Waals surface area (Å²) in [5, 5.41) is 3.08. The van der Waals surface area contributed by atoms with Gasteiger partial charge in [0, 0.05) is 14.9 Å². The van der Waals surface area contributed by atoms with Gasteiger partial charge in [-0.05, 0) is 34.7 Å². The molecule has 0 atom stereocenters. The topological polar surface area (TPSA) is 0 Å². The number of hydrogen-bond donors (Lipinski definition) is 0. The maximum absolute atomic E-state index is 6.23. The van der Waals surface area contributed by atoms with Crippen molar-refractivity contribution >= 4 is 38.3 Å². The summed E-state index contributed by atoms with van der Waals surface area (Å²) in [4.78, 5) is 0. The van der Waals surface area contributed by atoms with Crippen LogP contribution >= 0.6 is 27.5 Å². The summed E-state index contributed by atoms with van der Waals surface area (Å²) in [6.45, 7) is 0. The predicted octanol–water partition coefficient (Wildman–Crippen LogP) is 5.92. The standard InChI is InChI=1S/C16H10BrCl/c17-12-7-5-11(6-8-12)13-9-10-16(18)15-4-2-1-3-14(13)15/h1-10H. The molecule has 0 saturated heterocycles. The average Bonchev–Trinajstić information content (AvgIpc) is 2.41. The minimum Gasteiger partial charge on any atom is -0.0837 e. The molecule has 0 saturated carbocycles. The Kier molecular flexibility index (Phi) is 3.11. The molecule has 2 heteroatoms. The first kappa shape index (κ1) is 11.8. The van der Waals surface area contributed by atoms with E-state index in [0.717, 1.165) is 14.9 Å². The van der Waals surface area contributed by atoms with Gasteiger partial charge in [-0.3, -0.25) is 0 Å². The second-order valence-corrected chi connectivity index (χ2v) is 5.47. The number of fused-ring (bicyclic) bond motifs is 1. The van der Waals surface area contributed by atoms with Crippen LogP contribution in [0, 0.1) is 0 Å². The van der Waals surface area contributed by atoms with Crippen molar-refractivity contribution in [2.45, 2.75) is 0 Å². The Labute approximate surface area is 119 Å². The molecule has 0 N–H and O–H groups in total. The zero-order chi connectivity index (χ0) is 12.5. The molecule has 0 aliphatic heterocycles. The number of benzene rings is 3. The molecule has 88 valence electrons. The van der Waals surface area contributed by atoms with E-state index in [1.54, 1.807) is 0 Å². The van der Waals surface area contributed by atoms with E-state index < -0.39 is 0 Å². The Morgan fingerprint density at radius 3 is 2.11 bits per heavy atom. The molecule has 0 aliphatic rings. The first-order valence-corrected chi connectivity index (χ1v) is 6.86. The molecule has 0 amide bonds. The molecule has 0 bridgehead atoms. The fraction of sp³-hybridized carbons (Fsp3) is 0. The smallest absolute Gasteiger partial charge is 0.0484 e. The lowest BCUT2D eigenvalue weighted by Crippen LogP contribution is -1.82. The Morgan fingerprint density at radius 1 is 0.722 bits per heavy atom. The van der Waals surface area contributed by atoms with Gasteiger partial charge in [0.05, 0.1) is 0 Å². The van der Waals surface area contributed by atoms with Crippen LogP contribution in [0.1, 0.15) is 0 Å². The second-order valence-electron chi connectivity index (χ2n) is 4.15. The van der Waals surface area contributed by atoms with Gasteiger partial charge in [-0.2, -0.15) is 0 Å². The SMILES string of the molecule is Clc1ccc(-c2ccc(Br)cc2)c2ccccc12. The van der Waals surface area contributed by atoms with Gasteiger partial charge >= 0.3 is 0 Å². The van der Waals surface area contributed by atoms with Crippen molar-refractivity contribution in [2.75, 3.05) is 0 Å². The third kappa shape index (κ3) is 2.05. The molecule has 3 aromatic rings. The number of hydrogen-bond acceptors (Lipinski definition) is 0. The van der Waals surface area contributed by atoms with Crippen LogP contribution in [0.2, 0.25) is 5.02 Å². The van der Waals surface area contributed by atoms with Crippen LogP contribution in [0.25, 0.3) is 21.9 Å². The van der Waals surface area contributed by atoms with Crippen molar-refractivity contribution in [3.8, 4) is 11.1 Å². The van der Waals surface area contributed by atoms with E-state index in [-0.39, 0.29) is 0 Å². The molecule has 0 unspecified atom stereocenters. The third-order valence-corrected chi connectivity index (χ3v) is 3.88. The lowest BCUT2D eigenvalue weighted by molar-refractivity contribution is 1.62. The van der Waals surface area contributed by atoms with Crippen LogP contribution in [0.5, 0.6) is 0 Å². The monoisotopic (exact) mass is 316 g/mol. The van der Waals surface area contributed by atoms with Crippen molar-refractivity contribution in [3.05, 3.63) is 70.2 Å². The molecule has 3 rings (SSSR count). The summed E-state index contributed by atoms with van der Waals surface area (Å²) in [7, 11) is 0. The van der Waals surface area contributed by atoms with Gasteiger partial charge in [0.25, 0.3) is 0 Å². The zero-order valence-corrected chi connectivity index (χ0v) is 11.9. The highest BCUT2D eigenvalue weighted by Gasteiger charge is 2.05. The second kappa shape index (κ2) is 4.75. The Balaban J connectivity index is 2.30. The number of halogens is 2. The summed E-state index contributed by atoms with van der Waals surface area (Å²) in [6.07, 6.45) is 0. The Hall–Kier alpha value is -1.31. The fourth-order valence-electron chi connectivity index (χ4n) is 2.14. The molecule has 0 aliphatic carbocycles. The highest BCUT2D eigenvalue weighted by Crippen LogP contribution is 2.33. The fourth-order valence-corrected chi connectivity index (χ4v) is 2.64. The van der Waals surface area contributed by atoms with Crippen LogP contribution in [0.15, 0.2) is 65.1 Å². The van der Waals surface area contributed by atoms with Gasteiger partial charge in [-0.25, -0.2) is 0 Å². The largest absolute Gasteiger partial charge is 0.0837 e. The van der Waals surface area contributed by atoms with E-state index in [1.807, 2.05) is 18.2 Å². The zero-order valence-electron chi connectivity index (χ0n) is 9.53. The Bertz CT molecular complexity index is 702. The van der Waals surface area contributed by atoms with Crippen molar-refractivity contribution in [2.24, 2.45) is 0 Å². The third-order valence-electron chi connectivity index (χ3n) is 3.03. The molecular formula is C16H10BrCl. The maximum Gasteiger partial charge on any atom is 0.0484 e. The summed E-state index contributed by atoms with van der Waals surface area (Å²) in [5.41, 5.74) is 2.41. The summed E-state index contributed by atoms with van der Waals surface area (Å²) < 4.78 is 1.09. The molecule has 0 fully saturated rings. The Morgan fingerprint density at radius 2 is 1.39 bits per heavy atom. The predicted molar refractivity (Wildman–Crippen MR) is 82.1 cm³/mol. The molecule has 3 aromatic carbocycles. The van der Waals surface area contributed by atoms with Crippen molar-refractivity contribution in [1.29, 1.82) is 0 Å². The highest BCUT2D eigenvalue weighted by atomic mass is 79.9. The average molecular weight is 318 g/mol. The normalized spacial score (nSPS) is 10.8. The van der Waals surface area contributed by atoms with Crippen LogP contribution in [-0.4, -0.2) is 0 Å². The van der Waals surface area contributed by atoms with Crippen LogP contribution in [0.3, 0.4) is 0 Å². The first-order chi connectivity index (χ1) is 8.75. The quantitative estimate of drug-likeness (QED) is 0.522. The van der Waals surface area contributed by atoms with Crippen molar-refractivity contribution in [1.82, 2.24) is 0 Å². The molecule has 0 nitrogen and oxygen atoms in total. The molecule has 0 spiro atoms. The number of rotatable bonds is 1.